The van der Waals surface area contributed by atoms with E-state index in [0.717, 1.165) is 5.57 Å². The average Bonchev–Trinajstić information content (AvgIpc) is 1.73. The standard InChI is InChI=1S/C56H92O27S.Na/c1-21(2)10-13-34(57)56(9,69)33-12-11-28-27-19-31(30-18-26(83-84(70,71)72)14-16-54(30,7)29(27)15-17-55(28,33)8)78-51-45(68)46(38(61)25(6)76-51)80-52-47(81-49-43(66)40(63)35(58)22(3)74-49)39(62)32(20-73-52)79-53-48(42(65)37(60)24(5)77-53)82-50-44(67)41(64)36(59)23(4)75-50;/h15,21-28,30-33,35-53,58-69H,10-14,16-20H2,1-9H3,(H,70,71,72);/q;+1/p-1/t22-,23-,24-,25-,26+,27+,28+,30-,31+,32-,33+,35-,36+,37-,38-,39+,40+,41+,42+,43-,44-,45-,46+,47-,48-,49+,50+,51+,52+,53+,54-,55+,56-;/m1./s1. The number of ether oxygens (including phenoxy) is 10. The maximum Gasteiger partial charge on any atom is 1.00 e. The molecule has 0 bridgehead atoms. The second-order valence-corrected chi connectivity index (χ2v) is 27.5. The first-order valence-corrected chi connectivity index (χ1v) is 31.1. The van der Waals surface area contributed by atoms with Gasteiger partial charge in [-0.3, -0.25) is 8.98 Å². The summed E-state index contributed by atoms with van der Waals surface area (Å²) in [5, 5.41) is 135. The van der Waals surface area contributed by atoms with E-state index < -0.39 is 199 Å². The van der Waals surface area contributed by atoms with Crippen LogP contribution in [-0.2, 0) is 66.7 Å². The molecule has 0 aromatic carbocycles. The molecule has 3 saturated carbocycles. The van der Waals surface area contributed by atoms with E-state index in [4.69, 9.17) is 51.6 Å². The van der Waals surface area contributed by atoms with Crippen LogP contribution in [-0.4, -0.2) is 252 Å². The molecule has 85 heavy (non-hydrogen) atoms. The van der Waals surface area contributed by atoms with E-state index in [0.29, 0.717) is 38.5 Å². The van der Waals surface area contributed by atoms with Crippen molar-refractivity contribution in [3.05, 3.63) is 11.6 Å². The van der Waals surface area contributed by atoms with E-state index in [1.54, 1.807) is 6.92 Å². The summed E-state index contributed by atoms with van der Waals surface area (Å²) < 4.78 is 102. The molecule has 33 atom stereocenters. The number of fused-ring (bicyclic) bond motifs is 5. The quantitative estimate of drug-likeness (QED) is 0.0281. The van der Waals surface area contributed by atoms with Crippen LogP contribution in [0.25, 0.3) is 0 Å². The van der Waals surface area contributed by atoms with Crippen molar-refractivity contribution in [3.8, 4) is 0 Å². The van der Waals surface area contributed by atoms with E-state index >= 15 is 0 Å². The predicted molar refractivity (Wildman–Crippen MR) is 282 cm³/mol. The van der Waals surface area contributed by atoms with Crippen molar-refractivity contribution in [1.82, 2.24) is 0 Å². The van der Waals surface area contributed by atoms with Crippen molar-refractivity contribution < 1.29 is 160 Å². The van der Waals surface area contributed by atoms with Crippen LogP contribution < -0.4 is 29.6 Å². The zero-order chi connectivity index (χ0) is 61.6. The van der Waals surface area contributed by atoms with Crippen molar-refractivity contribution in [2.45, 2.75) is 285 Å². The largest absolute Gasteiger partial charge is 1.00 e. The molecule has 5 saturated heterocycles. The molecule has 29 heteroatoms. The fourth-order valence-electron chi connectivity index (χ4n) is 15.4. The van der Waals surface area contributed by atoms with E-state index in [9.17, 15) is 79.0 Å². The molecule has 0 aromatic rings. The molecular formula is C56H91NaO27S. The number of hydrogen-bond acceptors (Lipinski definition) is 27. The Morgan fingerprint density at radius 2 is 1.14 bits per heavy atom. The Morgan fingerprint density at radius 3 is 1.71 bits per heavy atom. The molecule has 0 unspecified atom stereocenters. The molecule has 9 rings (SSSR count). The molecule has 0 aromatic heterocycles. The molecule has 9 aliphatic rings. The number of aliphatic hydroxyl groups is 12. The van der Waals surface area contributed by atoms with Crippen LogP contribution in [0.3, 0.4) is 0 Å². The zero-order valence-electron chi connectivity index (χ0n) is 49.9. The van der Waals surface area contributed by atoms with E-state index in [2.05, 4.69) is 19.9 Å². The van der Waals surface area contributed by atoms with Gasteiger partial charge in [-0.25, -0.2) is 8.42 Å². The third-order valence-electron chi connectivity index (χ3n) is 20.5. The van der Waals surface area contributed by atoms with Crippen LogP contribution in [0.1, 0.15) is 120 Å². The number of Topliss-reactive ketones (excluding diaryl/α,β-unsaturated/α-hetero) is 1. The molecule has 0 amide bonds. The van der Waals surface area contributed by atoms with Crippen LogP contribution in [0.15, 0.2) is 11.6 Å². The second-order valence-electron chi connectivity index (χ2n) is 26.5. The van der Waals surface area contributed by atoms with Gasteiger partial charge in [0, 0.05) is 12.3 Å². The van der Waals surface area contributed by atoms with Gasteiger partial charge >= 0.3 is 29.6 Å². The molecule has 12 N–H and O–H groups in total. The first-order valence-electron chi connectivity index (χ1n) is 29.8. The number of hydrogen-bond donors (Lipinski definition) is 12. The van der Waals surface area contributed by atoms with Gasteiger partial charge in [0.05, 0.1) is 43.2 Å². The summed E-state index contributed by atoms with van der Waals surface area (Å²) in [7, 11) is -5.13. The fourth-order valence-corrected chi connectivity index (χ4v) is 15.9. The van der Waals surface area contributed by atoms with Gasteiger partial charge in [-0.1, -0.05) is 39.3 Å². The summed E-state index contributed by atoms with van der Waals surface area (Å²) in [5.41, 5.74) is -1.68. The van der Waals surface area contributed by atoms with Crippen LogP contribution in [0.5, 0.6) is 0 Å². The normalized spacial score (nSPS) is 51.1. The Balaban J connectivity index is 0.00000940. The monoisotopic (exact) mass is 1250 g/mol. The molecule has 0 radical (unpaired) electrons. The number of carbonyl (C=O) groups is 1. The van der Waals surface area contributed by atoms with Gasteiger partial charge in [-0.2, -0.15) is 0 Å². The summed E-state index contributed by atoms with van der Waals surface area (Å²) in [6, 6.07) is 0. The van der Waals surface area contributed by atoms with Gasteiger partial charge in [0.2, 0.25) is 10.4 Å². The Bertz CT molecular complexity index is 2410. The number of aliphatic hydroxyl groups excluding tert-OH is 11. The number of rotatable bonds is 17. The first kappa shape index (κ1) is 70.3. The van der Waals surface area contributed by atoms with Gasteiger partial charge in [0.1, 0.15) is 97.2 Å². The molecule has 5 heterocycles. The van der Waals surface area contributed by atoms with Gasteiger partial charge in [-0.15, -0.1) is 0 Å². The maximum atomic E-state index is 13.8. The SMILES string of the molecule is CC(C)CCC(=O)[C@](C)(O)[C@H]1CC[C@H]2[C@@H]3C[C@H](O[C@@H]4O[C@H](C)[C@@H](O)[C@H](O[C@@H]5OC[C@@H](O[C@@H]6O[C@H](C)[C@@H](O)[C@H](O)[C@H]6O[C@@H]6O[C@H](C)[C@H](O)[C@H](O)[C@H]6O)[C@H](O)[C@H]5O[C@@H]5O[C@H](C)[C@@H](O)[C@H](O)[C@H]5O)[C@H]4O)[C@H]4C[C@@H](OS(=O)(=O)[O-])CC[C@]4(C)C3=CC[C@@]21C.[Na+]. The topological polar surface area (TPSA) is 419 Å². The molecule has 8 fully saturated rings. The van der Waals surface area contributed by atoms with Crippen LogP contribution >= 0.6 is 0 Å². The van der Waals surface area contributed by atoms with Gasteiger partial charge in [-0.05, 0) is 120 Å². The maximum absolute atomic E-state index is 13.8. The molecule has 27 nitrogen and oxygen atoms in total. The van der Waals surface area contributed by atoms with Crippen molar-refractivity contribution in [1.29, 1.82) is 0 Å². The van der Waals surface area contributed by atoms with E-state index in [1.165, 1.54) is 27.7 Å². The summed E-state index contributed by atoms with van der Waals surface area (Å²) >= 11 is 0. The van der Waals surface area contributed by atoms with E-state index in [1.807, 2.05) is 13.8 Å². The van der Waals surface area contributed by atoms with Gasteiger partial charge in [0.15, 0.2) is 37.2 Å². The summed E-state index contributed by atoms with van der Waals surface area (Å²) in [4.78, 5) is 13.8. The van der Waals surface area contributed by atoms with Crippen LogP contribution in [0, 0.1) is 40.4 Å². The number of ketones is 1. The summed E-state index contributed by atoms with van der Waals surface area (Å²) in [6.07, 6.45) is -35.4. The van der Waals surface area contributed by atoms with Gasteiger partial charge < -0.3 is 113 Å². The zero-order valence-corrected chi connectivity index (χ0v) is 52.8. The predicted octanol–water partition coefficient (Wildman–Crippen LogP) is -4.99. The minimum Gasteiger partial charge on any atom is -0.726 e. The Labute approximate surface area is 517 Å². The Hall–Kier alpha value is -0.600. The van der Waals surface area contributed by atoms with Crippen molar-refractivity contribution >= 4 is 16.2 Å². The smallest absolute Gasteiger partial charge is 0.726 e. The minimum absolute atomic E-state index is 0. The number of allylic oxidation sites excluding steroid dienone is 2. The van der Waals surface area contributed by atoms with E-state index in [-0.39, 0.29) is 78.3 Å². The molecule has 4 aliphatic carbocycles. The summed E-state index contributed by atoms with van der Waals surface area (Å²) in [5.74, 6) is -1.08. The minimum atomic E-state index is -5.13. The van der Waals surface area contributed by atoms with Crippen LogP contribution in [0.4, 0.5) is 0 Å². The summed E-state index contributed by atoms with van der Waals surface area (Å²) in [6.45, 7) is 14.9. The Morgan fingerprint density at radius 1 is 0.635 bits per heavy atom. The molecule has 484 valence electrons. The van der Waals surface area contributed by atoms with Gasteiger partial charge in [0.25, 0.3) is 0 Å². The van der Waals surface area contributed by atoms with Crippen molar-refractivity contribution in [2.75, 3.05) is 6.61 Å². The molecule has 0 spiro atoms. The third-order valence-corrected chi connectivity index (χ3v) is 21.0. The average molecular weight is 1250 g/mol. The fraction of sp³-hybridized carbons (Fsp3) is 0.946. The second kappa shape index (κ2) is 27.2. The first-order chi connectivity index (χ1) is 39.2. The van der Waals surface area contributed by atoms with Crippen molar-refractivity contribution in [3.63, 3.8) is 0 Å². The number of carbonyl (C=O) groups excluding carboxylic acids is 1. The Kier molecular flexibility index (Phi) is 22.5. The molecule has 5 aliphatic heterocycles. The van der Waals surface area contributed by atoms with Crippen molar-refractivity contribution in [2.24, 2.45) is 40.4 Å². The van der Waals surface area contributed by atoms with Crippen LogP contribution in [0.2, 0.25) is 0 Å². The molecular weight excluding hydrogens is 1160 g/mol. The third kappa shape index (κ3) is 13.9.